The summed E-state index contributed by atoms with van der Waals surface area (Å²) < 4.78 is 29.0. The van der Waals surface area contributed by atoms with Crippen LogP contribution < -0.4 is 16.0 Å². The number of ether oxygens (including phenoxy) is 1. The molecule has 21 heavy (non-hydrogen) atoms. The van der Waals surface area contributed by atoms with E-state index in [-0.39, 0.29) is 17.7 Å². The Morgan fingerprint density at radius 1 is 1.43 bits per heavy atom. The summed E-state index contributed by atoms with van der Waals surface area (Å²) in [4.78, 5) is 0. The molecule has 1 fully saturated rings. The number of rotatable bonds is 4. The molecule has 0 bridgehead atoms. The number of nitrogens with two attached hydrogens (primary N) is 1. The van der Waals surface area contributed by atoms with Crippen LogP contribution in [0.4, 0.5) is 0 Å². The van der Waals surface area contributed by atoms with E-state index in [0.29, 0.717) is 5.75 Å². The topological polar surface area (TPSA) is 81.4 Å². The number of aryl methyl sites for hydroxylation is 1. The second kappa shape index (κ2) is 5.94. The summed E-state index contributed by atoms with van der Waals surface area (Å²) in [6, 6.07) is 6.08. The summed E-state index contributed by atoms with van der Waals surface area (Å²) in [6.45, 7) is 0.735. The second-order valence-corrected chi connectivity index (χ2v) is 8.24. The zero-order valence-electron chi connectivity index (χ0n) is 12.0. The largest absolute Gasteiger partial charge is 0.493 e. The summed E-state index contributed by atoms with van der Waals surface area (Å²) >= 11 is 0. The predicted molar refractivity (Wildman–Crippen MR) is 81.7 cm³/mol. The highest BCUT2D eigenvalue weighted by Gasteiger charge is 2.31. The summed E-state index contributed by atoms with van der Waals surface area (Å²) in [5.74, 6) is 7.43. The smallest absolute Gasteiger partial charge is 0.150 e. The van der Waals surface area contributed by atoms with E-state index < -0.39 is 9.84 Å². The van der Waals surface area contributed by atoms with Gasteiger partial charge in [0.1, 0.15) is 5.75 Å². The zero-order chi connectivity index (χ0) is 14.9. The molecule has 0 spiro atoms. The van der Waals surface area contributed by atoms with Gasteiger partial charge in [-0.05, 0) is 37.2 Å². The first-order valence-corrected chi connectivity index (χ1v) is 9.32. The Hall–Kier alpha value is -1.11. The van der Waals surface area contributed by atoms with Gasteiger partial charge in [0.2, 0.25) is 0 Å². The molecule has 3 rings (SSSR count). The summed E-state index contributed by atoms with van der Waals surface area (Å²) in [6.07, 6.45) is 3.53. The lowest BCUT2D eigenvalue weighted by Gasteiger charge is -2.26. The fourth-order valence-corrected chi connectivity index (χ4v) is 5.24. The molecule has 1 saturated heterocycles. The number of hydrazine groups is 1. The Kier molecular flexibility index (Phi) is 4.19. The molecule has 2 heterocycles. The zero-order valence-corrected chi connectivity index (χ0v) is 12.9. The van der Waals surface area contributed by atoms with Crippen LogP contribution in [0.15, 0.2) is 18.2 Å². The molecule has 0 saturated carbocycles. The van der Waals surface area contributed by atoms with E-state index in [1.807, 2.05) is 12.1 Å². The van der Waals surface area contributed by atoms with E-state index >= 15 is 0 Å². The van der Waals surface area contributed by atoms with Gasteiger partial charge in [0.05, 0.1) is 18.1 Å². The van der Waals surface area contributed by atoms with E-state index in [1.165, 1.54) is 5.56 Å². The molecular formula is C15H22N2O3S. The fourth-order valence-electron chi connectivity index (χ4n) is 3.36. The average molecular weight is 310 g/mol. The van der Waals surface area contributed by atoms with Crippen molar-refractivity contribution in [2.45, 2.75) is 31.7 Å². The van der Waals surface area contributed by atoms with Crippen molar-refractivity contribution < 1.29 is 13.2 Å². The molecule has 2 unspecified atom stereocenters. The van der Waals surface area contributed by atoms with E-state index in [0.717, 1.165) is 43.6 Å². The highest BCUT2D eigenvalue weighted by atomic mass is 32.2. The molecule has 1 aromatic carbocycles. The third-order valence-corrected chi connectivity index (χ3v) is 6.27. The van der Waals surface area contributed by atoms with Crippen LogP contribution in [0.1, 0.15) is 36.4 Å². The molecule has 0 aromatic heterocycles. The fraction of sp³-hybridized carbons (Fsp3) is 0.600. The highest BCUT2D eigenvalue weighted by molar-refractivity contribution is 7.91. The van der Waals surface area contributed by atoms with Gasteiger partial charge in [-0.15, -0.1) is 0 Å². The number of benzene rings is 1. The molecule has 2 aliphatic rings. The minimum absolute atomic E-state index is 0.0589. The third-order valence-electron chi connectivity index (χ3n) is 4.44. The van der Waals surface area contributed by atoms with Gasteiger partial charge in [0.15, 0.2) is 9.84 Å². The quantitative estimate of drug-likeness (QED) is 0.648. The lowest BCUT2D eigenvalue weighted by molar-refractivity contribution is 0.279. The van der Waals surface area contributed by atoms with Crippen molar-refractivity contribution in [3.63, 3.8) is 0 Å². The SMILES string of the molecule is NNC(CC1CCS(=O)(=O)C1)c1cccc2c1OCCC2. The van der Waals surface area contributed by atoms with Crippen molar-refractivity contribution in [2.24, 2.45) is 11.8 Å². The first-order valence-electron chi connectivity index (χ1n) is 7.50. The number of hydrogen-bond donors (Lipinski definition) is 2. The van der Waals surface area contributed by atoms with Crippen LogP contribution in [-0.2, 0) is 16.3 Å². The van der Waals surface area contributed by atoms with E-state index in [4.69, 9.17) is 10.6 Å². The number of fused-ring (bicyclic) bond motifs is 1. The average Bonchev–Trinajstić information content (AvgIpc) is 2.83. The lowest BCUT2D eigenvalue weighted by Crippen LogP contribution is -2.31. The molecule has 2 aliphatic heterocycles. The molecule has 116 valence electrons. The Bertz CT molecular complexity index is 615. The van der Waals surface area contributed by atoms with Crippen LogP contribution in [0.3, 0.4) is 0 Å². The first-order chi connectivity index (χ1) is 10.1. The van der Waals surface area contributed by atoms with Crippen LogP contribution in [0, 0.1) is 5.92 Å². The Balaban J connectivity index is 1.81. The van der Waals surface area contributed by atoms with Gasteiger partial charge in [-0.2, -0.15) is 0 Å². The van der Waals surface area contributed by atoms with E-state index in [1.54, 1.807) is 0 Å². The molecule has 2 atom stereocenters. The predicted octanol–water partition coefficient (Wildman–Crippen LogP) is 1.34. The molecule has 3 N–H and O–H groups in total. The minimum Gasteiger partial charge on any atom is -0.493 e. The molecular weight excluding hydrogens is 288 g/mol. The highest BCUT2D eigenvalue weighted by Crippen LogP contribution is 2.36. The van der Waals surface area contributed by atoms with Gasteiger partial charge < -0.3 is 4.74 Å². The number of para-hydroxylation sites is 1. The van der Waals surface area contributed by atoms with Crippen LogP contribution in [0.25, 0.3) is 0 Å². The van der Waals surface area contributed by atoms with E-state index in [9.17, 15) is 8.42 Å². The van der Waals surface area contributed by atoms with Crippen LogP contribution in [0.2, 0.25) is 0 Å². The van der Waals surface area contributed by atoms with Crippen LogP contribution in [0.5, 0.6) is 5.75 Å². The molecule has 0 radical (unpaired) electrons. The lowest BCUT2D eigenvalue weighted by atomic mass is 9.91. The maximum Gasteiger partial charge on any atom is 0.150 e. The monoisotopic (exact) mass is 310 g/mol. The summed E-state index contributed by atoms with van der Waals surface area (Å²) in [7, 11) is -2.85. The Morgan fingerprint density at radius 2 is 2.29 bits per heavy atom. The summed E-state index contributed by atoms with van der Waals surface area (Å²) in [5.41, 5.74) is 5.12. The second-order valence-electron chi connectivity index (χ2n) is 6.01. The van der Waals surface area contributed by atoms with Crippen LogP contribution >= 0.6 is 0 Å². The number of hydrogen-bond acceptors (Lipinski definition) is 5. The third kappa shape index (κ3) is 3.22. The molecule has 5 nitrogen and oxygen atoms in total. The summed E-state index contributed by atoms with van der Waals surface area (Å²) in [5, 5.41) is 0. The van der Waals surface area contributed by atoms with Crippen molar-refractivity contribution in [1.82, 2.24) is 5.43 Å². The Labute approximate surface area is 125 Å². The maximum atomic E-state index is 11.6. The maximum absolute atomic E-state index is 11.6. The van der Waals surface area contributed by atoms with E-state index in [2.05, 4.69) is 11.5 Å². The van der Waals surface area contributed by atoms with Gasteiger partial charge in [0.25, 0.3) is 0 Å². The molecule has 1 aromatic rings. The number of nitrogens with one attached hydrogen (secondary N) is 1. The van der Waals surface area contributed by atoms with Crippen molar-refractivity contribution in [3.05, 3.63) is 29.3 Å². The van der Waals surface area contributed by atoms with Crippen molar-refractivity contribution in [2.75, 3.05) is 18.1 Å². The van der Waals surface area contributed by atoms with Gasteiger partial charge in [-0.25, -0.2) is 8.42 Å². The number of sulfone groups is 1. The van der Waals surface area contributed by atoms with Gasteiger partial charge in [-0.3, -0.25) is 11.3 Å². The standard InChI is InChI=1S/C15H22N2O3S/c16-17-14(9-11-6-8-21(18,19)10-11)13-5-1-3-12-4-2-7-20-15(12)13/h1,3,5,11,14,17H,2,4,6-10,16H2. The first kappa shape index (κ1) is 14.8. The van der Waals surface area contributed by atoms with Gasteiger partial charge in [-0.1, -0.05) is 18.2 Å². The minimum atomic E-state index is -2.85. The molecule has 6 heteroatoms. The van der Waals surface area contributed by atoms with Gasteiger partial charge in [0, 0.05) is 11.6 Å². The van der Waals surface area contributed by atoms with Crippen molar-refractivity contribution in [1.29, 1.82) is 0 Å². The molecule has 0 aliphatic carbocycles. The normalized spacial score (nSPS) is 25.1. The van der Waals surface area contributed by atoms with Crippen molar-refractivity contribution >= 4 is 9.84 Å². The van der Waals surface area contributed by atoms with Crippen LogP contribution in [-0.4, -0.2) is 26.5 Å². The van der Waals surface area contributed by atoms with Crippen molar-refractivity contribution in [3.8, 4) is 5.75 Å². The van der Waals surface area contributed by atoms with Gasteiger partial charge >= 0.3 is 0 Å². The Morgan fingerprint density at radius 3 is 3.00 bits per heavy atom. The molecule has 0 amide bonds.